The predicted octanol–water partition coefficient (Wildman–Crippen LogP) is -0.170. The monoisotopic (exact) mass is 199 g/mol. The van der Waals surface area contributed by atoms with Gasteiger partial charge in [0.1, 0.15) is 0 Å². The molecule has 1 aliphatic heterocycles. The number of rotatable bonds is 2. The van der Waals surface area contributed by atoms with Gasteiger partial charge in [0.25, 0.3) is 0 Å². The molecule has 0 aromatic rings. The molecule has 1 amide bonds. The molecule has 2 N–H and O–H groups in total. The van der Waals surface area contributed by atoms with Crippen LogP contribution in [0.1, 0.15) is 6.92 Å². The lowest BCUT2D eigenvalue weighted by atomic mass is 10.4. The Morgan fingerprint density at radius 2 is 2.14 bits per heavy atom. The number of nitrogens with one attached hydrogen (secondary N) is 2. The normalized spacial score (nSPS) is 16.4. The van der Waals surface area contributed by atoms with Gasteiger partial charge in [0, 0.05) is 32.7 Å². The van der Waals surface area contributed by atoms with E-state index in [-0.39, 0.29) is 5.91 Å². The molecule has 0 aromatic heterocycles. The van der Waals surface area contributed by atoms with E-state index in [0.29, 0.717) is 6.54 Å². The van der Waals surface area contributed by atoms with Crippen molar-refractivity contribution >= 4 is 5.91 Å². The Kier molecular flexibility index (Phi) is 8.17. The van der Waals surface area contributed by atoms with Crippen LogP contribution in [0.3, 0.4) is 0 Å². The summed E-state index contributed by atoms with van der Waals surface area (Å²) in [5.41, 5.74) is 0. The van der Waals surface area contributed by atoms with Crippen LogP contribution in [0.15, 0.2) is 12.7 Å². The molecule has 0 atom stereocenters. The Morgan fingerprint density at radius 1 is 1.57 bits per heavy atom. The van der Waals surface area contributed by atoms with E-state index < -0.39 is 0 Å². The average molecular weight is 199 g/mol. The highest BCUT2D eigenvalue weighted by Crippen LogP contribution is 1.83. The first-order chi connectivity index (χ1) is 6.70. The summed E-state index contributed by atoms with van der Waals surface area (Å²) in [6.07, 6.45) is 1.25. The van der Waals surface area contributed by atoms with Gasteiger partial charge in [-0.05, 0) is 20.0 Å². The van der Waals surface area contributed by atoms with Crippen LogP contribution in [0.25, 0.3) is 0 Å². The number of carbonyl (C=O) groups is 1. The zero-order valence-corrected chi connectivity index (χ0v) is 9.18. The number of piperazine rings is 1. The van der Waals surface area contributed by atoms with Crippen molar-refractivity contribution in [3.8, 4) is 0 Å². The number of hydrogen-bond donors (Lipinski definition) is 2. The lowest BCUT2D eigenvalue weighted by molar-refractivity contribution is -0.116. The van der Waals surface area contributed by atoms with E-state index in [1.165, 1.54) is 19.2 Å². The molecule has 1 saturated heterocycles. The maximum absolute atomic E-state index is 10.2. The van der Waals surface area contributed by atoms with Crippen LogP contribution >= 0.6 is 0 Å². The predicted molar refractivity (Wildman–Crippen MR) is 59.2 cm³/mol. The smallest absolute Gasteiger partial charge is 0.243 e. The highest BCUT2D eigenvalue weighted by molar-refractivity contribution is 5.86. The molecule has 4 heteroatoms. The zero-order valence-electron chi connectivity index (χ0n) is 9.18. The molecular formula is C10H21N3O. The lowest BCUT2D eigenvalue weighted by Crippen LogP contribution is -2.40. The van der Waals surface area contributed by atoms with E-state index in [9.17, 15) is 4.79 Å². The van der Waals surface area contributed by atoms with Crippen LogP contribution in [0.4, 0.5) is 0 Å². The highest BCUT2D eigenvalue weighted by Gasteiger charge is 2.01. The summed E-state index contributed by atoms with van der Waals surface area (Å²) in [6, 6.07) is 0. The van der Waals surface area contributed by atoms with Crippen molar-refractivity contribution in [1.82, 2.24) is 15.5 Å². The average Bonchev–Trinajstić information content (AvgIpc) is 2.20. The largest absolute Gasteiger partial charge is 0.353 e. The first-order valence-electron chi connectivity index (χ1n) is 5.00. The quantitative estimate of drug-likeness (QED) is 0.607. The van der Waals surface area contributed by atoms with E-state index in [0.717, 1.165) is 13.1 Å². The third-order valence-electron chi connectivity index (χ3n) is 1.88. The third kappa shape index (κ3) is 7.76. The second-order valence-electron chi connectivity index (χ2n) is 3.15. The molecule has 0 unspecified atom stereocenters. The van der Waals surface area contributed by atoms with Crippen LogP contribution < -0.4 is 10.6 Å². The summed E-state index contributed by atoms with van der Waals surface area (Å²) < 4.78 is 0. The number of hydrogen-bond acceptors (Lipinski definition) is 3. The number of carbonyl (C=O) groups excluding carboxylic acids is 1. The minimum absolute atomic E-state index is 0.109. The number of nitrogens with zero attached hydrogens (tertiary/aromatic N) is 1. The lowest BCUT2D eigenvalue weighted by Gasteiger charge is -2.21. The van der Waals surface area contributed by atoms with Gasteiger partial charge in [-0.2, -0.15) is 0 Å². The summed E-state index contributed by atoms with van der Waals surface area (Å²) in [5, 5.41) is 5.81. The molecule has 0 spiro atoms. The molecule has 14 heavy (non-hydrogen) atoms. The minimum Gasteiger partial charge on any atom is -0.353 e. The van der Waals surface area contributed by atoms with Gasteiger partial charge in [0.05, 0.1) is 0 Å². The fourth-order valence-corrected chi connectivity index (χ4v) is 1.02. The zero-order chi connectivity index (χ0) is 10.8. The molecule has 1 rings (SSSR count). The maximum atomic E-state index is 10.2. The Labute approximate surface area is 86.4 Å². The molecule has 0 saturated carbocycles. The van der Waals surface area contributed by atoms with Crippen molar-refractivity contribution in [1.29, 1.82) is 0 Å². The van der Waals surface area contributed by atoms with Crippen LogP contribution in [-0.4, -0.2) is 50.6 Å². The molecule has 1 aliphatic rings. The summed E-state index contributed by atoms with van der Waals surface area (Å²) in [4.78, 5) is 12.5. The first kappa shape index (κ1) is 13.1. The van der Waals surface area contributed by atoms with Gasteiger partial charge in [0.2, 0.25) is 5.91 Å². The van der Waals surface area contributed by atoms with Crippen LogP contribution in [0.2, 0.25) is 0 Å². The molecule has 0 aromatic carbocycles. The second kappa shape index (κ2) is 8.72. The van der Waals surface area contributed by atoms with Gasteiger partial charge < -0.3 is 15.5 Å². The molecule has 0 radical (unpaired) electrons. The summed E-state index contributed by atoms with van der Waals surface area (Å²) in [5.74, 6) is -0.109. The maximum Gasteiger partial charge on any atom is 0.243 e. The molecule has 0 aliphatic carbocycles. The summed E-state index contributed by atoms with van der Waals surface area (Å²) >= 11 is 0. The topological polar surface area (TPSA) is 44.4 Å². The Bertz CT molecular complexity index is 165. The Balaban J connectivity index is 0.000000241. The van der Waals surface area contributed by atoms with Gasteiger partial charge in [0.15, 0.2) is 0 Å². The second-order valence-corrected chi connectivity index (χ2v) is 3.15. The molecular weight excluding hydrogens is 178 g/mol. The van der Waals surface area contributed by atoms with Crippen molar-refractivity contribution in [3.05, 3.63) is 12.7 Å². The minimum atomic E-state index is -0.109. The third-order valence-corrected chi connectivity index (χ3v) is 1.88. The molecule has 1 fully saturated rings. The van der Waals surface area contributed by atoms with Crippen molar-refractivity contribution in [2.45, 2.75) is 6.92 Å². The van der Waals surface area contributed by atoms with E-state index >= 15 is 0 Å². The van der Waals surface area contributed by atoms with E-state index in [2.05, 4.69) is 29.2 Å². The standard InChI is InChI=1S/C5H12N2.C5H9NO/c1-7-4-2-6-3-5-7;1-3-5(7)6-4-2/h6H,2-5H2,1H3;3H,1,4H2,2H3,(H,6,7). The highest BCUT2D eigenvalue weighted by atomic mass is 16.1. The number of amides is 1. The molecule has 4 nitrogen and oxygen atoms in total. The van der Waals surface area contributed by atoms with Crippen LogP contribution in [0, 0.1) is 0 Å². The van der Waals surface area contributed by atoms with Crippen molar-refractivity contribution in [3.63, 3.8) is 0 Å². The van der Waals surface area contributed by atoms with E-state index in [1.807, 2.05) is 6.92 Å². The van der Waals surface area contributed by atoms with Gasteiger partial charge in [-0.3, -0.25) is 4.79 Å². The molecule has 82 valence electrons. The Hall–Kier alpha value is -0.870. The van der Waals surface area contributed by atoms with Crippen molar-refractivity contribution in [2.24, 2.45) is 0 Å². The SMILES string of the molecule is C=CC(=O)NCC.CN1CCNCC1. The summed E-state index contributed by atoms with van der Waals surface area (Å²) in [6.45, 7) is 10.5. The fraction of sp³-hybridized carbons (Fsp3) is 0.700. The Morgan fingerprint density at radius 3 is 2.36 bits per heavy atom. The van der Waals surface area contributed by atoms with Crippen molar-refractivity contribution in [2.75, 3.05) is 39.8 Å². The van der Waals surface area contributed by atoms with Gasteiger partial charge >= 0.3 is 0 Å². The van der Waals surface area contributed by atoms with E-state index in [1.54, 1.807) is 0 Å². The number of likely N-dealkylation sites (N-methyl/N-ethyl adjacent to an activating group) is 2. The molecule has 1 heterocycles. The molecule has 0 bridgehead atoms. The fourth-order valence-electron chi connectivity index (χ4n) is 1.02. The van der Waals surface area contributed by atoms with Gasteiger partial charge in [-0.25, -0.2) is 0 Å². The van der Waals surface area contributed by atoms with Crippen LogP contribution in [0.5, 0.6) is 0 Å². The summed E-state index contributed by atoms with van der Waals surface area (Å²) in [7, 11) is 2.15. The van der Waals surface area contributed by atoms with Crippen LogP contribution in [-0.2, 0) is 4.79 Å². The first-order valence-corrected chi connectivity index (χ1v) is 5.00. The van der Waals surface area contributed by atoms with Crippen molar-refractivity contribution < 1.29 is 4.79 Å². The van der Waals surface area contributed by atoms with Gasteiger partial charge in [-0.15, -0.1) is 0 Å². The van der Waals surface area contributed by atoms with Gasteiger partial charge in [-0.1, -0.05) is 6.58 Å². The van der Waals surface area contributed by atoms with E-state index in [4.69, 9.17) is 0 Å².